The number of anilines is 1. The highest BCUT2D eigenvalue weighted by Crippen LogP contribution is 2.44. The second-order valence-corrected chi connectivity index (χ2v) is 9.22. The van der Waals surface area contributed by atoms with Gasteiger partial charge in [-0.1, -0.05) is 24.3 Å². The first-order valence-corrected chi connectivity index (χ1v) is 12.1. The van der Waals surface area contributed by atoms with Gasteiger partial charge in [-0.25, -0.2) is 19.2 Å². The second-order valence-electron chi connectivity index (χ2n) is 9.22. The Morgan fingerprint density at radius 3 is 2.78 bits per heavy atom. The van der Waals surface area contributed by atoms with E-state index < -0.39 is 23.4 Å². The van der Waals surface area contributed by atoms with Crippen LogP contribution in [0.15, 0.2) is 47.5 Å². The predicted molar refractivity (Wildman–Crippen MR) is 130 cm³/mol. The Hall–Kier alpha value is -3.67. The number of aryl methyl sites for hydroxylation is 1. The van der Waals surface area contributed by atoms with E-state index in [0.29, 0.717) is 35.6 Å². The number of likely N-dealkylation sites (tertiary alicyclic amines) is 1. The Morgan fingerprint density at radius 2 is 2.03 bits per heavy atom. The van der Waals surface area contributed by atoms with Crippen molar-refractivity contribution in [3.05, 3.63) is 81.5 Å². The summed E-state index contributed by atoms with van der Waals surface area (Å²) in [5, 5.41) is 21.3. The van der Waals surface area contributed by atoms with E-state index in [2.05, 4.69) is 42.8 Å². The van der Waals surface area contributed by atoms with Crippen LogP contribution in [0.1, 0.15) is 47.5 Å². The minimum absolute atomic E-state index is 0.00714. The van der Waals surface area contributed by atoms with Crippen molar-refractivity contribution in [2.75, 3.05) is 25.2 Å². The number of H-pyrrole nitrogens is 1. The lowest BCUT2D eigenvalue weighted by Crippen LogP contribution is -2.36. The zero-order chi connectivity index (χ0) is 24.6. The highest BCUT2D eigenvalue weighted by atomic mass is 19.1. The number of aliphatic hydroxyl groups excluding tert-OH is 1. The number of nitrogens with one attached hydrogen (secondary N) is 2. The first-order valence-electron chi connectivity index (χ1n) is 12.1. The summed E-state index contributed by atoms with van der Waals surface area (Å²) < 4.78 is 16.1. The summed E-state index contributed by atoms with van der Waals surface area (Å²) in [4.78, 5) is 25.7. The van der Waals surface area contributed by atoms with Gasteiger partial charge in [-0.05, 0) is 49.2 Å². The third kappa shape index (κ3) is 4.04. The van der Waals surface area contributed by atoms with Gasteiger partial charge in [-0.15, -0.1) is 0 Å². The highest BCUT2D eigenvalue weighted by Gasteiger charge is 2.38. The van der Waals surface area contributed by atoms with Gasteiger partial charge in [0.2, 0.25) is 0 Å². The average molecular weight is 492 g/mol. The summed E-state index contributed by atoms with van der Waals surface area (Å²) in [5.74, 6) is -0.573. The Balaban J connectivity index is 1.49. The molecular weight excluding hydrogens is 465 g/mol. The molecular formula is C25H26FN7O3. The summed E-state index contributed by atoms with van der Waals surface area (Å²) in [6.45, 7) is 3.58. The van der Waals surface area contributed by atoms with Crippen LogP contribution in [0.5, 0.6) is 0 Å². The molecule has 0 saturated carbocycles. The SMILES string of the molecule is O=c1[nH]nc2c3c(cc(F)cc13)NOC(c1ccc(CN3CCC3)cc1)C2c1ncnn1CCCO. The van der Waals surface area contributed by atoms with Crippen molar-refractivity contribution in [1.29, 1.82) is 0 Å². The summed E-state index contributed by atoms with van der Waals surface area (Å²) in [6.07, 6.45) is 2.57. The number of rotatable bonds is 7. The molecule has 36 heavy (non-hydrogen) atoms. The van der Waals surface area contributed by atoms with Gasteiger partial charge in [0.25, 0.3) is 5.56 Å². The van der Waals surface area contributed by atoms with Crippen LogP contribution in [-0.2, 0) is 17.9 Å². The molecule has 2 aliphatic heterocycles. The molecule has 2 aliphatic rings. The Labute approximate surface area is 205 Å². The van der Waals surface area contributed by atoms with Gasteiger partial charge >= 0.3 is 0 Å². The van der Waals surface area contributed by atoms with Crippen LogP contribution < -0.4 is 11.0 Å². The lowest BCUT2D eigenvalue weighted by atomic mass is 9.89. The molecule has 2 aromatic heterocycles. The molecule has 2 unspecified atom stereocenters. The molecule has 0 spiro atoms. The van der Waals surface area contributed by atoms with Gasteiger partial charge in [-0.2, -0.15) is 10.2 Å². The molecule has 2 aromatic carbocycles. The minimum Gasteiger partial charge on any atom is -0.396 e. The van der Waals surface area contributed by atoms with Crippen molar-refractivity contribution < 1.29 is 14.3 Å². The quantitative estimate of drug-likeness (QED) is 0.361. The van der Waals surface area contributed by atoms with E-state index in [0.717, 1.165) is 25.2 Å². The standard InChI is InChI=1S/C25H26FN7O3/c26-17-11-18-20-19(12-17)31-36-23(16-5-3-15(4-6-16)13-32-7-1-8-32)21(22(20)29-30-25(18)35)24-27-14-28-33(24)9-2-10-34/h3-6,11-12,14,21,23,31,34H,1-2,7-10,13H2,(H,30,35). The Morgan fingerprint density at radius 1 is 1.19 bits per heavy atom. The van der Waals surface area contributed by atoms with Crippen LogP contribution in [0.25, 0.3) is 10.8 Å². The van der Waals surface area contributed by atoms with E-state index in [-0.39, 0.29) is 12.0 Å². The number of hydrogen-bond donors (Lipinski definition) is 3. The molecule has 0 amide bonds. The molecule has 1 saturated heterocycles. The molecule has 186 valence electrons. The molecule has 11 heteroatoms. The maximum atomic E-state index is 14.4. The number of aromatic nitrogens is 5. The second kappa shape index (κ2) is 9.41. The average Bonchev–Trinajstić information content (AvgIpc) is 3.25. The summed E-state index contributed by atoms with van der Waals surface area (Å²) in [5.41, 5.74) is 5.28. The van der Waals surface area contributed by atoms with Crippen molar-refractivity contribution in [3.63, 3.8) is 0 Å². The van der Waals surface area contributed by atoms with Crippen molar-refractivity contribution in [2.24, 2.45) is 0 Å². The first-order chi connectivity index (χ1) is 17.6. The highest BCUT2D eigenvalue weighted by molar-refractivity contribution is 5.95. The lowest BCUT2D eigenvalue weighted by molar-refractivity contribution is 0.0843. The summed E-state index contributed by atoms with van der Waals surface area (Å²) >= 11 is 0. The molecule has 10 nitrogen and oxygen atoms in total. The van der Waals surface area contributed by atoms with E-state index in [1.54, 1.807) is 4.68 Å². The number of halogens is 1. The molecule has 0 radical (unpaired) electrons. The molecule has 4 heterocycles. The minimum atomic E-state index is -0.614. The molecule has 3 N–H and O–H groups in total. The molecule has 0 aliphatic carbocycles. The monoisotopic (exact) mass is 491 g/mol. The topological polar surface area (TPSA) is 121 Å². The number of aliphatic hydroxyl groups is 1. The van der Waals surface area contributed by atoms with Gasteiger partial charge in [0.15, 0.2) is 0 Å². The van der Waals surface area contributed by atoms with E-state index in [1.807, 2.05) is 12.1 Å². The van der Waals surface area contributed by atoms with Gasteiger partial charge in [-0.3, -0.25) is 20.0 Å². The van der Waals surface area contributed by atoms with E-state index in [1.165, 1.54) is 30.4 Å². The normalized spacial score (nSPS) is 19.6. The Kier molecular flexibility index (Phi) is 5.96. The molecule has 4 aromatic rings. The van der Waals surface area contributed by atoms with Crippen molar-refractivity contribution in [1.82, 2.24) is 29.9 Å². The zero-order valence-electron chi connectivity index (χ0n) is 19.5. The fourth-order valence-corrected chi connectivity index (χ4v) is 4.97. The summed E-state index contributed by atoms with van der Waals surface area (Å²) in [7, 11) is 0. The zero-order valence-corrected chi connectivity index (χ0v) is 19.5. The third-order valence-corrected chi connectivity index (χ3v) is 6.89. The molecule has 6 rings (SSSR count). The van der Waals surface area contributed by atoms with Crippen LogP contribution in [0.4, 0.5) is 10.1 Å². The molecule has 2 atom stereocenters. The fourth-order valence-electron chi connectivity index (χ4n) is 4.97. The number of nitrogens with zero attached hydrogens (tertiary/aromatic N) is 5. The van der Waals surface area contributed by atoms with E-state index >= 15 is 0 Å². The van der Waals surface area contributed by atoms with Crippen LogP contribution in [0, 0.1) is 5.82 Å². The smallest absolute Gasteiger partial charge is 0.272 e. The van der Waals surface area contributed by atoms with Crippen LogP contribution in [-0.4, -0.2) is 54.7 Å². The predicted octanol–water partition coefficient (Wildman–Crippen LogP) is 2.47. The Bertz CT molecular complexity index is 1450. The number of benzene rings is 2. The van der Waals surface area contributed by atoms with E-state index in [9.17, 15) is 14.3 Å². The van der Waals surface area contributed by atoms with Crippen LogP contribution in [0.2, 0.25) is 0 Å². The van der Waals surface area contributed by atoms with Gasteiger partial charge in [0.1, 0.15) is 24.1 Å². The largest absolute Gasteiger partial charge is 0.396 e. The van der Waals surface area contributed by atoms with E-state index in [4.69, 9.17) is 4.84 Å². The van der Waals surface area contributed by atoms with Crippen molar-refractivity contribution >= 4 is 16.5 Å². The number of aromatic amines is 1. The van der Waals surface area contributed by atoms with Gasteiger partial charge in [0, 0.05) is 25.1 Å². The van der Waals surface area contributed by atoms with Crippen LogP contribution >= 0.6 is 0 Å². The van der Waals surface area contributed by atoms with Crippen LogP contribution in [0.3, 0.4) is 0 Å². The molecule has 0 bridgehead atoms. The lowest BCUT2D eigenvalue weighted by Gasteiger charge is -2.30. The van der Waals surface area contributed by atoms with Gasteiger partial charge < -0.3 is 5.11 Å². The maximum Gasteiger partial charge on any atom is 0.272 e. The number of hydrogen-bond acceptors (Lipinski definition) is 8. The molecule has 1 fully saturated rings. The maximum absolute atomic E-state index is 14.4. The first kappa shape index (κ1) is 22.8. The van der Waals surface area contributed by atoms with Crippen molar-refractivity contribution in [3.8, 4) is 0 Å². The third-order valence-electron chi connectivity index (χ3n) is 6.89. The van der Waals surface area contributed by atoms with Crippen molar-refractivity contribution in [2.45, 2.75) is 38.0 Å². The fraction of sp³-hybridized carbons (Fsp3) is 0.360. The summed E-state index contributed by atoms with van der Waals surface area (Å²) in [6, 6.07) is 10.7. The van der Waals surface area contributed by atoms with Gasteiger partial charge in [0.05, 0.1) is 22.7 Å².